The van der Waals surface area contributed by atoms with Crippen LogP contribution in [0.4, 0.5) is 26.3 Å². The zero-order valence-corrected chi connectivity index (χ0v) is 28.6. The van der Waals surface area contributed by atoms with E-state index in [0.29, 0.717) is 11.4 Å². The Morgan fingerprint density at radius 2 is 0.882 bits per heavy atom. The van der Waals surface area contributed by atoms with E-state index in [1.165, 1.54) is 0 Å². The van der Waals surface area contributed by atoms with Crippen molar-refractivity contribution in [1.29, 1.82) is 0 Å². The third kappa shape index (κ3) is 5.80. The molecule has 7 rings (SSSR count). The van der Waals surface area contributed by atoms with E-state index >= 15 is 0 Å². The van der Waals surface area contributed by atoms with E-state index in [4.69, 9.17) is 9.97 Å². The summed E-state index contributed by atoms with van der Waals surface area (Å²) in [5, 5.41) is 12.0. The molecule has 6 nitrogen and oxygen atoms in total. The summed E-state index contributed by atoms with van der Waals surface area (Å²) in [4.78, 5) is 10.1. The number of aromatic nitrogens is 6. The van der Waals surface area contributed by atoms with Crippen molar-refractivity contribution in [2.24, 2.45) is 0 Å². The predicted molar refractivity (Wildman–Crippen MR) is 182 cm³/mol. The number of nitrogens with one attached hydrogen (secondary N) is 2. The third-order valence-electron chi connectivity index (χ3n) is 9.43. The smallest absolute Gasteiger partial charge is 0.273 e. The molecule has 262 valence electrons. The second-order valence-corrected chi connectivity index (χ2v) is 14.9. The lowest BCUT2D eigenvalue weighted by Gasteiger charge is -2.34. The molecule has 6 aromatic rings. The number of halogens is 6. The molecule has 2 N–H and O–H groups in total. The van der Waals surface area contributed by atoms with Crippen LogP contribution < -0.4 is 0 Å². The first-order chi connectivity index (χ1) is 23.8. The summed E-state index contributed by atoms with van der Waals surface area (Å²) in [7, 11) is 0. The van der Waals surface area contributed by atoms with Crippen molar-refractivity contribution in [2.45, 2.75) is 70.1 Å². The van der Waals surface area contributed by atoms with Gasteiger partial charge in [0.1, 0.15) is 28.2 Å². The minimum Gasteiger partial charge on any atom is -0.273 e. The van der Waals surface area contributed by atoms with Gasteiger partial charge in [-0.25, -0.2) is 9.97 Å². The number of benzene rings is 2. The predicted octanol–water partition coefficient (Wildman–Crippen LogP) is 10.3. The van der Waals surface area contributed by atoms with Gasteiger partial charge in [0.15, 0.2) is 0 Å². The van der Waals surface area contributed by atoms with Crippen LogP contribution in [0.25, 0.3) is 33.9 Å². The Kier molecular flexibility index (Phi) is 7.63. The molecule has 0 amide bonds. The number of alkyl halides is 6. The standard InChI is InChI=1S/C39H34F6N6/c1-35(2,3)21-13-15-23-24-16-14-22(36(4,5)6)18-26(24)37(25(23)17-21,31-11-7-9-27(46-31)29-19-33(50-48-29)38(40,41)42)32-12-8-10-28(47-32)30-20-34(51-49-30)39(43,44)45/h7-20H,1-6H3,(H,48,50)(H,49,51). The van der Waals surface area contributed by atoms with Gasteiger partial charge in [-0.3, -0.25) is 10.2 Å². The highest BCUT2D eigenvalue weighted by Crippen LogP contribution is 2.57. The number of rotatable bonds is 4. The lowest BCUT2D eigenvalue weighted by molar-refractivity contribution is -0.142. The molecule has 1 aliphatic rings. The Bertz CT molecular complexity index is 2120. The number of fused-ring (bicyclic) bond motifs is 3. The van der Waals surface area contributed by atoms with E-state index < -0.39 is 29.2 Å². The van der Waals surface area contributed by atoms with Gasteiger partial charge in [0, 0.05) is 0 Å². The largest absolute Gasteiger partial charge is 0.432 e. The van der Waals surface area contributed by atoms with Crippen molar-refractivity contribution in [3.05, 3.63) is 130 Å². The Hall–Kier alpha value is -5.26. The Morgan fingerprint density at radius 3 is 1.22 bits per heavy atom. The minimum atomic E-state index is -4.64. The van der Waals surface area contributed by atoms with Gasteiger partial charge in [-0.15, -0.1) is 0 Å². The van der Waals surface area contributed by atoms with Gasteiger partial charge in [-0.2, -0.15) is 36.5 Å². The summed E-state index contributed by atoms with van der Waals surface area (Å²) in [6.07, 6.45) is -9.27. The summed E-state index contributed by atoms with van der Waals surface area (Å²) < 4.78 is 81.6. The molecule has 1 aliphatic carbocycles. The van der Waals surface area contributed by atoms with Crippen molar-refractivity contribution in [2.75, 3.05) is 0 Å². The van der Waals surface area contributed by atoms with Crippen LogP contribution in [-0.2, 0) is 28.6 Å². The van der Waals surface area contributed by atoms with Crippen molar-refractivity contribution in [1.82, 2.24) is 30.4 Å². The summed E-state index contributed by atoms with van der Waals surface area (Å²) in [6.45, 7) is 12.6. The topological polar surface area (TPSA) is 83.1 Å². The Morgan fingerprint density at radius 1 is 0.490 bits per heavy atom. The van der Waals surface area contributed by atoms with Crippen molar-refractivity contribution in [3.63, 3.8) is 0 Å². The Labute approximate surface area is 290 Å². The molecule has 0 unspecified atom stereocenters. The van der Waals surface area contributed by atoms with Crippen LogP contribution >= 0.6 is 0 Å². The van der Waals surface area contributed by atoms with E-state index in [0.717, 1.165) is 45.5 Å². The molecule has 51 heavy (non-hydrogen) atoms. The summed E-state index contributed by atoms with van der Waals surface area (Å²) in [5.74, 6) is 0. The molecule has 12 heteroatoms. The molecule has 4 heterocycles. The fourth-order valence-corrected chi connectivity index (χ4v) is 6.71. The van der Waals surface area contributed by atoms with Gasteiger partial charge in [0.05, 0.1) is 22.8 Å². The number of hydrogen-bond acceptors (Lipinski definition) is 4. The molecular weight excluding hydrogens is 666 g/mol. The molecule has 0 fully saturated rings. The van der Waals surface area contributed by atoms with Gasteiger partial charge in [-0.1, -0.05) is 90.1 Å². The number of hydrogen-bond donors (Lipinski definition) is 2. The number of aromatic amines is 2. The maximum Gasteiger partial charge on any atom is 0.432 e. The van der Waals surface area contributed by atoms with Crippen LogP contribution in [0.2, 0.25) is 0 Å². The van der Waals surface area contributed by atoms with Gasteiger partial charge in [0.2, 0.25) is 0 Å². The number of H-pyrrole nitrogens is 2. The van der Waals surface area contributed by atoms with E-state index in [9.17, 15) is 26.3 Å². The average Bonchev–Trinajstić information content (AvgIpc) is 3.81. The fourth-order valence-electron chi connectivity index (χ4n) is 6.71. The Balaban J connectivity index is 1.57. The molecule has 0 aliphatic heterocycles. The van der Waals surface area contributed by atoms with Gasteiger partial charge in [0.25, 0.3) is 0 Å². The minimum absolute atomic E-state index is 0.00238. The van der Waals surface area contributed by atoms with Crippen LogP contribution in [0.1, 0.15) is 86.6 Å². The maximum absolute atomic E-state index is 13.6. The van der Waals surface area contributed by atoms with Crippen molar-refractivity contribution >= 4 is 0 Å². The number of pyridine rings is 2. The quantitative estimate of drug-likeness (QED) is 0.179. The monoisotopic (exact) mass is 700 g/mol. The lowest BCUT2D eigenvalue weighted by atomic mass is 9.70. The summed E-state index contributed by atoms with van der Waals surface area (Å²) >= 11 is 0. The lowest BCUT2D eigenvalue weighted by Crippen LogP contribution is -2.32. The third-order valence-corrected chi connectivity index (χ3v) is 9.43. The van der Waals surface area contributed by atoms with Gasteiger partial charge >= 0.3 is 12.4 Å². The molecule has 2 aromatic carbocycles. The molecule has 0 bridgehead atoms. The van der Waals surface area contributed by atoms with E-state index in [2.05, 4.69) is 98.3 Å². The molecular formula is C39H34F6N6. The van der Waals surface area contributed by atoms with Crippen LogP contribution in [0.5, 0.6) is 0 Å². The van der Waals surface area contributed by atoms with E-state index in [-0.39, 0.29) is 33.6 Å². The first kappa shape index (κ1) is 34.2. The van der Waals surface area contributed by atoms with Crippen molar-refractivity contribution < 1.29 is 26.3 Å². The summed E-state index contributed by atoms with van der Waals surface area (Å²) in [5.41, 5.74) is 3.03. The maximum atomic E-state index is 13.6. The molecule has 0 saturated heterocycles. The molecule has 0 radical (unpaired) electrons. The SMILES string of the molecule is CC(C)(C)c1ccc2c(c1)C(c1cccc(-c3cc(C(F)(F)F)[nH]n3)n1)(c1cccc(-c3cc(C(F)(F)F)[nH]n3)n1)c1cc(C(C)(C)C)ccc1-2. The molecule has 0 atom stereocenters. The molecule has 0 spiro atoms. The van der Waals surface area contributed by atoms with Gasteiger partial charge in [-0.05, 0) is 80.6 Å². The van der Waals surface area contributed by atoms with E-state index in [1.54, 1.807) is 36.4 Å². The average molecular weight is 701 g/mol. The van der Waals surface area contributed by atoms with Crippen LogP contribution in [-0.4, -0.2) is 30.4 Å². The highest BCUT2D eigenvalue weighted by atomic mass is 19.4. The highest BCUT2D eigenvalue weighted by Gasteiger charge is 2.50. The fraction of sp³-hybridized carbons (Fsp3) is 0.282. The van der Waals surface area contributed by atoms with Crippen LogP contribution in [0.15, 0.2) is 84.9 Å². The molecule has 0 saturated carbocycles. The zero-order chi connectivity index (χ0) is 36.7. The van der Waals surface area contributed by atoms with Crippen molar-refractivity contribution in [3.8, 4) is 33.9 Å². The molecule has 4 aromatic heterocycles. The van der Waals surface area contributed by atoms with Gasteiger partial charge < -0.3 is 0 Å². The van der Waals surface area contributed by atoms with E-state index in [1.807, 2.05) is 0 Å². The normalized spacial score (nSPS) is 14.4. The first-order valence-electron chi connectivity index (χ1n) is 16.3. The first-order valence-corrected chi connectivity index (χ1v) is 16.3. The highest BCUT2D eigenvalue weighted by molar-refractivity contribution is 5.86. The summed E-state index contributed by atoms with van der Waals surface area (Å²) in [6, 6.07) is 24.6. The second-order valence-electron chi connectivity index (χ2n) is 14.9. The zero-order valence-electron chi connectivity index (χ0n) is 28.6. The number of nitrogens with zero attached hydrogens (tertiary/aromatic N) is 4. The second kappa shape index (κ2) is 11.4. The van der Waals surface area contributed by atoms with Crippen LogP contribution in [0.3, 0.4) is 0 Å². The van der Waals surface area contributed by atoms with Crippen LogP contribution in [0, 0.1) is 0 Å².